The molecule has 2 atom stereocenters. The highest BCUT2D eigenvalue weighted by Crippen LogP contribution is 2.67. The zero-order chi connectivity index (χ0) is 69.3. The predicted molar refractivity (Wildman–Crippen MR) is 424 cm³/mol. The molecule has 7 aliphatic rings. The third-order valence-electron chi connectivity index (χ3n) is 23.8. The molecule has 7 aliphatic carbocycles. The lowest BCUT2D eigenvalue weighted by molar-refractivity contribution is 0.754. The summed E-state index contributed by atoms with van der Waals surface area (Å²) in [6.07, 6.45) is 0. The van der Waals surface area contributed by atoms with Gasteiger partial charge in [-0.15, -0.1) is 0 Å². The summed E-state index contributed by atoms with van der Waals surface area (Å²) in [6, 6.07) is 129. The molecule has 0 amide bonds. The molecule has 2 unspecified atom stereocenters. The fraction of sp³-hybridized carbons (Fsp3) is 0.0400. The van der Waals surface area contributed by atoms with Gasteiger partial charge in [0, 0.05) is 45.2 Å². The van der Waals surface area contributed by atoms with Crippen LogP contribution < -0.4 is 0 Å². The number of aromatic nitrogens is 6. The molecule has 6 nitrogen and oxygen atoms in total. The molecule has 15 aromatic carbocycles. The van der Waals surface area contributed by atoms with Gasteiger partial charge in [0.25, 0.3) is 0 Å². The van der Waals surface area contributed by atoms with Gasteiger partial charge in [-0.2, -0.15) is 0 Å². The van der Waals surface area contributed by atoms with Gasteiger partial charge in [-0.25, -0.2) is 29.9 Å². The third kappa shape index (κ3) is 8.15. The van der Waals surface area contributed by atoms with Crippen molar-refractivity contribution in [2.24, 2.45) is 0 Å². The van der Waals surface area contributed by atoms with Crippen molar-refractivity contribution in [1.82, 2.24) is 29.9 Å². The molecule has 0 radical (unpaired) electrons. The van der Waals surface area contributed by atoms with Crippen molar-refractivity contribution in [2.75, 3.05) is 0 Å². The lowest BCUT2D eigenvalue weighted by Crippen LogP contribution is -2.27. The minimum atomic E-state index is -0.476. The monoisotopic (exact) mass is 1340 g/mol. The smallest absolute Gasteiger partial charge is 0.164 e. The van der Waals surface area contributed by atoms with Crippen LogP contribution in [0.2, 0.25) is 0 Å². The molecule has 6 heteroatoms. The van der Waals surface area contributed by atoms with Crippen LogP contribution in [0.1, 0.15) is 89.7 Å². The quantitative estimate of drug-likeness (QED) is 0.151. The van der Waals surface area contributed by atoms with E-state index in [-0.39, 0.29) is 11.8 Å². The number of benzene rings is 15. The van der Waals surface area contributed by atoms with E-state index in [4.69, 9.17) is 29.9 Å². The van der Waals surface area contributed by atoms with Crippen LogP contribution in [-0.4, -0.2) is 29.9 Å². The molecule has 0 N–H and O–H groups in total. The van der Waals surface area contributed by atoms with E-state index in [1.165, 1.54) is 134 Å². The Morgan fingerprint density at radius 2 is 0.387 bits per heavy atom. The number of hydrogen-bond donors (Lipinski definition) is 0. The van der Waals surface area contributed by atoms with Gasteiger partial charge in [0.05, 0.1) is 10.8 Å². The first-order valence-corrected chi connectivity index (χ1v) is 36.6. The van der Waals surface area contributed by atoms with Gasteiger partial charge in [0.2, 0.25) is 0 Å². The maximum atomic E-state index is 5.42. The summed E-state index contributed by atoms with van der Waals surface area (Å²) in [6.45, 7) is 0. The highest BCUT2D eigenvalue weighted by atomic mass is 15.0. The highest BCUT2D eigenvalue weighted by molar-refractivity contribution is 6.01. The van der Waals surface area contributed by atoms with Crippen LogP contribution >= 0.6 is 0 Å². The summed E-state index contributed by atoms with van der Waals surface area (Å²) < 4.78 is 0. The normalized spacial score (nSPS) is 15.1. The van der Waals surface area contributed by atoms with E-state index in [1.54, 1.807) is 0 Å². The van der Waals surface area contributed by atoms with Crippen molar-refractivity contribution in [3.63, 3.8) is 0 Å². The maximum absolute atomic E-state index is 5.42. The van der Waals surface area contributed by atoms with E-state index in [0.717, 1.165) is 44.5 Å². The minimum Gasteiger partial charge on any atom is -0.208 e. The van der Waals surface area contributed by atoms with Crippen LogP contribution in [0.15, 0.2) is 352 Å². The number of nitrogens with zero attached hydrogens (tertiary/aromatic N) is 6. The van der Waals surface area contributed by atoms with Crippen molar-refractivity contribution < 1.29 is 0 Å². The molecule has 2 aromatic heterocycles. The second kappa shape index (κ2) is 22.4. The number of fused-ring (bicyclic) bond motifs is 20. The molecule has 2 bridgehead atoms. The van der Waals surface area contributed by atoms with Gasteiger partial charge in [0.15, 0.2) is 34.9 Å². The lowest BCUT2D eigenvalue weighted by atomic mass is 9.61. The van der Waals surface area contributed by atoms with Crippen LogP contribution in [0.4, 0.5) is 0 Å². The molecule has 2 spiro atoms. The second-order valence-electron chi connectivity index (χ2n) is 28.9. The van der Waals surface area contributed by atoms with Gasteiger partial charge < -0.3 is 0 Å². The first kappa shape index (κ1) is 58.9. The van der Waals surface area contributed by atoms with E-state index < -0.39 is 10.8 Å². The van der Waals surface area contributed by atoms with Gasteiger partial charge in [0.1, 0.15) is 0 Å². The maximum Gasteiger partial charge on any atom is 0.164 e. The fourth-order valence-electron chi connectivity index (χ4n) is 19.6. The van der Waals surface area contributed by atoms with Crippen LogP contribution in [-0.2, 0) is 10.8 Å². The molecule has 2 heterocycles. The first-order valence-electron chi connectivity index (χ1n) is 36.6. The summed E-state index contributed by atoms with van der Waals surface area (Å²) in [5.74, 6) is 3.64. The molecule has 490 valence electrons. The zero-order valence-corrected chi connectivity index (χ0v) is 57.3. The molecule has 0 aliphatic heterocycles. The SMILES string of the molecule is c1ccc(-c2nc(-c3ccc(-c4cccc5c4C4(c6ccccc6-c6ccccc64)c4ccccc4-5)cc3)nc(-c3ccc4c(c3)C3c5ccccc5C4c4cc(-c5nc(-c6ccccc6)nc(-c6ccc(-c7cccc8c7C7(c9ccccc9-c9ccccc97)c7ccccc7-8)cc6)n5)ccc43)n2)cc1. The van der Waals surface area contributed by atoms with Gasteiger partial charge in [-0.3, -0.25) is 0 Å². The van der Waals surface area contributed by atoms with Crippen molar-refractivity contribution in [1.29, 1.82) is 0 Å². The van der Waals surface area contributed by atoms with Crippen LogP contribution in [0.5, 0.6) is 0 Å². The first-order chi connectivity index (χ1) is 52.6. The number of rotatable bonds is 8. The number of hydrogen-bond acceptors (Lipinski definition) is 6. The Morgan fingerprint density at radius 1 is 0.160 bits per heavy atom. The Hall–Kier alpha value is -13.7. The molecule has 106 heavy (non-hydrogen) atoms. The third-order valence-corrected chi connectivity index (χ3v) is 23.8. The predicted octanol–water partition coefficient (Wildman–Crippen LogP) is 23.1. The van der Waals surface area contributed by atoms with E-state index in [9.17, 15) is 0 Å². The fourth-order valence-corrected chi connectivity index (χ4v) is 19.6. The average Bonchev–Trinajstić information content (AvgIpc) is 1.48. The Kier molecular flexibility index (Phi) is 12.5. The van der Waals surface area contributed by atoms with E-state index in [1.807, 2.05) is 36.4 Å². The van der Waals surface area contributed by atoms with E-state index >= 15 is 0 Å². The average molecular weight is 1350 g/mol. The molecule has 0 fully saturated rings. The zero-order valence-electron chi connectivity index (χ0n) is 57.3. The van der Waals surface area contributed by atoms with Crippen LogP contribution in [0, 0.1) is 0 Å². The summed E-state index contributed by atoms with van der Waals surface area (Å²) in [5.41, 5.74) is 37.8. The minimum absolute atomic E-state index is 0.0411. The largest absolute Gasteiger partial charge is 0.208 e. The molecule has 0 saturated carbocycles. The lowest BCUT2D eigenvalue weighted by Gasteiger charge is -2.42. The summed E-state index contributed by atoms with van der Waals surface area (Å²) >= 11 is 0. The summed E-state index contributed by atoms with van der Waals surface area (Å²) in [4.78, 5) is 32.0. The van der Waals surface area contributed by atoms with Gasteiger partial charge >= 0.3 is 0 Å². The van der Waals surface area contributed by atoms with Crippen molar-refractivity contribution in [3.05, 3.63) is 430 Å². The molecule has 0 saturated heterocycles. The topological polar surface area (TPSA) is 77.3 Å². The molecule has 24 rings (SSSR count). The second-order valence-corrected chi connectivity index (χ2v) is 28.9. The van der Waals surface area contributed by atoms with E-state index in [2.05, 4.69) is 315 Å². The molecule has 17 aromatic rings. The Labute approximate surface area is 613 Å². The van der Waals surface area contributed by atoms with Crippen LogP contribution in [0.25, 0.3) is 135 Å². The van der Waals surface area contributed by atoms with E-state index in [0.29, 0.717) is 34.9 Å². The van der Waals surface area contributed by atoms with Crippen molar-refractivity contribution in [3.8, 4) is 135 Å². The Bertz CT molecular complexity index is 6070. The molecular formula is C100H60N6. The van der Waals surface area contributed by atoms with Crippen LogP contribution in [0.3, 0.4) is 0 Å². The summed E-state index contributed by atoms with van der Waals surface area (Å²) in [7, 11) is 0. The van der Waals surface area contributed by atoms with Crippen molar-refractivity contribution in [2.45, 2.75) is 22.7 Å². The standard InChI is InChI=1S/C100H60N6/c1-3-23-61(24-4-1)93-101-95(63-49-45-59(46-50-63)67-35-21-37-79-73-31-13-19-43-87(73)99(91(67)79)83-39-15-9-27-69(83)70-28-10-16-40-84(70)99)105-97(103-93)65-53-55-77-81(57-65)89-75-33-7-8-34-76(75)90(77)82-58-66(54-56-78(82)89)98-104-94(62-25-5-2-6-26-62)102-96(106-98)64-51-47-60(48-52-64)68-36-22-38-80-74-32-14-20-44-88(74)100(92(68)80)85-41-17-11-29-71(85)72-30-12-18-42-86(72)100/h1-58,89-90H. The Morgan fingerprint density at radius 3 is 0.717 bits per heavy atom. The van der Waals surface area contributed by atoms with Gasteiger partial charge in [-0.1, -0.05) is 340 Å². The Balaban J connectivity index is 0.606. The van der Waals surface area contributed by atoms with Gasteiger partial charge in [-0.05, 0) is 157 Å². The van der Waals surface area contributed by atoms with Crippen molar-refractivity contribution >= 4 is 0 Å². The summed E-state index contributed by atoms with van der Waals surface area (Å²) in [5, 5.41) is 0. The molecular weight excluding hydrogens is 1290 g/mol. The highest BCUT2D eigenvalue weighted by Gasteiger charge is 2.54.